The number of fused-ring (bicyclic) bond motifs is 1. The molecule has 3 atom stereocenters. The van der Waals surface area contributed by atoms with E-state index >= 15 is 0 Å². The molecule has 2 unspecified atom stereocenters. The molecule has 0 spiro atoms. The van der Waals surface area contributed by atoms with Crippen LogP contribution in [-0.4, -0.2) is 85.3 Å². The van der Waals surface area contributed by atoms with Crippen LogP contribution in [0.2, 0.25) is 0 Å². The van der Waals surface area contributed by atoms with Crippen LogP contribution in [0.1, 0.15) is 37.8 Å². The Morgan fingerprint density at radius 2 is 1.71 bits per heavy atom. The van der Waals surface area contributed by atoms with Crippen molar-refractivity contribution >= 4 is 23.0 Å². The van der Waals surface area contributed by atoms with Gasteiger partial charge in [0.15, 0.2) is 5.82 Å². The second-order valence-corrected chi connectivity index (χ2v) is 12.2. The standard InChI is InChI=1S/C33H43N7O2/c1-3-37-19-25-21-39(22-26(25)20-37)27-11-14-38(15-12-27)28-9-10-29(31(17-28)41-2)36-32-18-33(35-23-34-32)40-30(13-16-42-40)24-7-5-4-6-8-24/h4-10,17-18,23,25-27,30H,3,11-16,19-22H2,1-2H3,(H,34,35,36)/t25?,26?,30-/m1/s1. The van der Waals surface area contributed by atoms with Crippen LogP contribution in [0.4, 0.5) is 23.0 Å². The highest BCUT2D eigenvalue weighted by Crippen LogP contribution is 2.38. The van der Waals surface area contributed by atoms with Crippen molar-refractivity contribution in [3.63, 3.8) is 0 Å². The lowest BCUT2D eigenvalue weighted by atomic mass is 10.0. The second-order valence-electron chi connectivity index (χ2n) is 12.2. The maximum atomic E-state index is 5.99. The summed E-state index contributed by atoms with van der Waals surface area (Å²) in [5, 5.41) is 5.36. The molecule has 9 heteroatoms. The second kappa shape index (κ2) is 12.1. The first-order valence-corrected chi connectivity index (χ1v) is 15.6. The molecule has 222 valence electrons. The molecule has 4 aliphatic rings. The molecule has 2 aromatic carbocycles. The third-order valence-electron chi connectivity index (χ3n) is 9.80. The Kier molecular flexibility index (Phi) is 7.88. The van der Waals surface area contributed by atoms with Gasteiger partial charge in [-0.1, -0.05) is 37.3 Å². The summed E-state index contributed by atoms with van der Waals surface area (Å²) in [4.78, 5) is 22.9. The molecule has 0 amide bonds. The van der Waals surface area contributed by atoms with Crippen LogP contribution >= 0.6 is 0 Å². The number of methoxy groups -OCH3 is 1. The fourth-order valence-corrected chi connectivity index (χ4v) is 7.50. The fraction of sp³-hybridized carbons (Fsp3) is 0.515. The molecule has 4 fully saturated rings. The van der Waals surface area contributed by atoms with Crippen LogP contribution in [0.3, 0.4) is 0 Å². The highest BCUT2D eigenvalue weighted by molar-refractivity contribution is 5.70. The molecule has 7 rings (SSSR count). The molecule has 0 saturated carbocycles. The molecule has 9 nitrogen and oxygen atoms in total. The van der Waals surface area contributed by atoms with Crippen LogP contribution in [0.25, 0.3) is 0 Å². The number of ether oxygens (including phenoxy) is 1. The number of rotatable bonds is 8. The van der Waals surface area contributed by atoms with Crippen LogP contribution < -0.4 is 20.0 Å². The van der Waals surface area contributed by atoms with Crippen molar-refractivity contribution in [3.8, 4) is 5.75 Å². The van der Waals surface area contributed by atoms with Crippen molar-refractivity contribution in [1.82, 2.24) is 19.8 Å². The number of hydrogen-bond acceptors (Lipinski definition) is 9. The zero-order chi connectivity index (χ0) is 28.5. The molecule has 4 saturated heterocycles. The Labute approximate surface area is 249 Å². The van der Waals surface area contributed by atoms with Gasteiger partial charge in [0.05, 0.1) is 25.4 Å². The summed E-state index contributed by atoms with van der Waals surface area (Å²) in [6, 6.07) is 19.7. The van der Waals surface area contributed by atoms with Gasteiger partial charge in [-0.05, 0) is 48.9 Å². The van der Waals surface area contributed by atoms with Gasteiger partial charge in [0.25, 0.3) is 0 Å². The largest absolute Gasteiger partial charge is 0.494 e. The van der Waals surface area contributed by atoms with E-state index in [4.69, 9.17) is 9.57 Å². The molecule has 1 N–H and O–H groups in total. The Balaban J connectivity index is 0.985. The summed E-state index contributed by atoms with van der Waals surface area (Å²) in [5.41, 5.74) is 3.32. The first-order chi connectivity index (χ1) is 20.7. The van der Waals surface area contributed by atoms with E-state index in [1.807, 2.05) is 17.2 Å². The highest BCUT2D eigenvalue weighted by Gasteiger charge is 2.42. The summed E-state index contributed by atoms with van der Waals surface area (Å²) in [6.45, 7) is 11.5. The molecular formula is C33H43N7O2. The molecule has 0 radical (unpaired) electrons. The number of benzene rings is 2. The zero-order valence-electron chi connectivity index (χ0n) is 24.9. The van der Waals surface area contributed by atoms with Crippen LogP contribution in [0, 0.1) is 11.8 Å². The smallest absolute Gasteiger partial charge is 0.158 e. The Morgan fingerprint density at radius 1 is 0.929 bits per heavy atom. The summed E-state index contributed by atoms with van der Waals surface area (Å²) < 4.78 is 5.84. The summed E-state index contributed by atoms with van der Waals surface area (Å²) in [6.07, 6.45) is 4.96. The predicted molar refractivity (Wildman–Crippen MR) is 166 cm³/mol. The Morgan fingerprint density at radius 3 is 2.45 bits per heavy atom. The van der Waals surface area contributed by atoms with E-state index in [1.165, 1.54) is 56.8 Å². The van der Waals surface area contributed by atoms with Gasteiger partial charge in [-0.2, -0.15) is 0 Å². The van der Waals surface area contributed by atoms with E-state index in [0.29, 0.717) is 12.4 Å². The first kappa shape index (κ1) is 27.4. The molecule has 1 aromatic heterocycles. The molecule has 3 aromatic rings. The van der Waals surface area contributed by atoms with Crippen molar-refractivity contribution in [2.45, 2.75) is 38.3 Å². The molecular weight excluding hydrogens is 526 g/mol. The summed E-state index contributed by atoms with van der Waals surface area (Å²) in [7, 11) is 1.73. The lowest BCUT2D eigenvalue weighted by Gasteiger charge is -2.38. The van der Waals surface area contributed by atoms with E-state index in [2.05, 4.69) is 79.4 Å². The Hall–Kier alpha value is -3.40. The number of nitrogens with zero attached hydrogens (tertiary/aromatic N) is 6. The van der Waals surface area contributed by atoms with E-state index in [-0.39, 0.29) is 6.04 Å². The number of hydrogen-bond donors (Lipinski definition) is 1. The van der Waals surface area contributed by atoms with Crippen molar-refractivity contribution < 1.29 is 9.57 Å². The van der Waals surface area contributed by atoms with Gasteiger partial charge in [-0.25, -0.2) is 15.0 Å². The number of aromatic nitrogens is 2. The van der Waals surface area contributed by atoms with Crippen LogP contribution in [-0.2, 0) is 4.84 Å². The minimum absolute atomic E-state index is 0.128. The average molecular weight is 570 g/mol. The lowest BCUT2D eigenvalue weighted by molar-refractivity contribution is 0.157. The van der Waals surface area contributed by atoms with Gasteiger partial charge in [0.2, 0.25) is 0 Å². The third kappa shape index (κ3) is 5.53. The first-order valence-electron chi connectivity index (χ1n) is 15.6. The van der Waals surface area contributed by atoms with E-state index in [0.717, 1.165) is 54.6 Å². The van der Waals surface area contributed by atoms with E-state index < -0.39 is 0 Å². The fourth-order valence-electron chi connectivity index (χ4n) is 7.50. The number of hydroxylamine groups is 1. The molecule has 42 heavy (non-hydrogen) atoms. The number of likely N-dealkylation sites (tertiary alicyclic amines) is 2. The zero-order valence-corrected chi connectivity index (χ0v) is 24.9. The number of anilines is 4. The maximum Gasteiger partial charge on any atom is 0.158 e. The molecule has 0 aliphatic carbocycles. The van der Waals surface area contributed by atoms with Gasteiger partial charge in [-0.3, -0.25) is 9.74 Å². The SMILES string of the molecule is CCN1CC2CN(C3CCN(c4ccc(Nc5cc(N6OCC[C@@H]6c6ccccc6)ncn5)c(OC)c4)CC3)CC2C1. The van der Waals surface area contributed by atoms with Crippen molar-refractivity contribution in [1.29, 1.82) is 0 Å². The molecule has 5 heterocycles. The lowest BCUT2D eigenvalue weighted by Crippen LogP contribution is -2.45. The van der Waals surface area contributed by atoms with Gasteiger partial charge in [-0.15, -0.1) is 0 Å². The molecule has 0 bridgehead atoms. The average Bonchev–Trinajstić information content (AvgIpc) is 3.78. The predicted octanol–water partition coefficient (Wildman–Crippen LogP) is 4.96. The van der Waals surface area contributed by atoms with Gasteiger partial charge in [0, 0.05) is 69.6 Å². The summed E-state index contributed by atoms with van der Waals surface area (Å²) >= 11 is 0. The van der Waals surface area contributed by atoms with E-state index in [9.17, 15) is 0 Å². The third-order valence-corrected chi connectivity index (χ3v) is 9.80. The van der Waals surface area contributed by atoms with Crippen molar-refractivity contribution in [2.75, 3.05) is 74.8 Å². The normalized spacial score (nSPS) is 25.2. The number of nitrogens with one attached hydrogen (secondary N) is 1. The quantitative estimate of drug-likeness (QED) is 0.405. The highest BCUT2D eigenvalue weighted by atomic mass is 16.7. The van der Waals surface area contributed by atoms with E-state index in [1.54, 1.807) is 13.4 Å². The van der Waals surface area contributed by atoms with Crippen molar-refractivity contribution in [2.24, 2.45) is 11.8 Å². The monoisotopic (exact) mass is 569 g/mol. The topological polar surface area (TPSA) is 69.2 Å². The maximum absolute atomic E-state index is 5.99. The van der Waals surface area contributed by atoms with Gasteiger partial charge in [0.1, 0.15) is 17.9 Å². The minimum Gasteiger partial charge on any atom is -0.494 e. The summed E-state index contributed by atoms with van der Waals surface area (Å²) in [5.74, 6) is 4.01. The number of piperidine rings is 1. The minimum atomic E-state index is 0.128. The van der Waals surface area contributed by atoms with Crippen LogP contribution in [0.5, 0.6) is 5.75 Å². The van der Waals surface area contributed by atoms with Gasteiger partial charge >= 0.3 is 0 Å². The van der Waals surface area contributed by atoms with Gasteiger partial charge < -0.3 is 19.9 Å². The molecule has 4 aliphatic heterocycles. The van der Waals surface area contributed by atoms with Crippen LogP contribution in [0.15, 0.2) is 60.9 Å². The Bertz CT molecular complexity index is 1340. The van der Waals surface area contributed by atoms with Crippen molar-refractivity contribution in [3.05, 3.63) is 66.5 Å².